The molecule has 9 heteroatoms. The number of rotatable bonds is 6. The first-order valence-electron chi connectivity index (χ1n) is 8.77. The van der Waals surface area contributed by atoms with Crippen molar-refractivity contribution in [2.75, 3.05) is 17.2 Å². The van der Waals surface area contributed by atoms with E-state index >= 15 is 0 Å². The lowest BCUT2D eigenvalue weighted by Gasteiger charge is -2.09. The maximum Gasteiger partial charge on any atom is 0.338 e. The zero-order chi connectivity index (χ0) is 20.8. The van der Waals surface area contributed by atoms with E-state index in [2.05, 4.69) is 31.7 Å². The van der Waals surface area contributed by atoms with Gasteiger partial charge in [-0.15, -0.1) is 0 Å². The van der Waals surface area contributed by atoms with Crippen molar-refractivity contribution in [3.05, 3.63) is 76.1 Å². The van der Waals surface area contributed by atoms with E-state index in [0.717, 1.165) is 15.7 Å². The highest BCUT2D eigenvalue weighted by Crippen LogP contribution is 2.21. The maximum absolute atomic E-state index is 13.0. The SMILES string of the molecule is CCOC(=O)c1ccc(NC(=S)Nc2nn(Cc3ccc(F)cc3)cc2Br)cc1. The summed E-state index contributed by atoms with van der Waals surface area (Å²) in [6.45, 7) is 2.59. The van der Waals surface area contributed by atoms with Gasteiger partial charge in [0.05, 0.1) is 23.2 Å². The standard InChI is InChI=1S/C20H18BrFN4O2S/c1-2-28-19(27)14-5-9-16(10-6-14)23-20(29)24-18-17(21)12-26(25-18)11-13-3-7-15(22)8-4-13/h3-10,12H,2,11H2,1H3,(H2,23,24,25,29). The van der Waals surface area contributed by atoms with Crippen molar-refractivity contribution in [1.82, 2.24) is 9.78 Å². The highest BCUT2D eigenvalue weighted by molar-refractivity contribution is 9.10. The van der Waals surface area contributed by atoms with Crippen molar-refractivity contribution < 1.29 is 13.9 Å². The molecule has 0 aliphatic rings. The van der Waals surface area contributed by atoms with Crippen LogP contribution in [-0.2, 0) is 11.3 Å². The molecule has 0 saturated heterocycles. The molecule has 0 unspecified atom stereocenters. The van der Waals surface area contributed by atoms with Crippen LogP contribution in [0, 0.1) is 5.82 Å². The second-order valence-electron chi connectivity index (χ2n) is 6.03. The zero-order valence-corrected chi connectivity index (χ0v) is 17.9. The van der Waals surface area contributed by atoms with Gasteiger partial charge in [0.15, 0.2) is 10.9 Å². The van der Waals surface area contributed by atoms with Crippen molar-refractivity contribution in [2.45, 2.75) is 13.5 Å². The highest BCUT2D eigenvalue weighted by atomic mass is 79.9. The smallest absolute Gasteiger partial charge is 0.338 e. The zero-order valence-electron chi connectivity index (χ0n) is 15.5. The van der Waals surface area contributed by atoms with Crippen LogP contribution >= 0.6 is 28.1 Å². The third-order valence-corrected chi connectivity index (χ3v) is 4.65. The molecule has 2 aromatic carbocycles. The summed E-state index contributed by atoms with van der Waals surface area (Å²) in [5.41, 5.74) is 2.12. The molecule has 0 saturated carbocycles. The summed E-state index contributed by atoms with van der Waals surface area (Å²) >= 11 is 8.78. The lowest BCUT2D eigenvalue weighted by molar-refractivity contribution is 0.0526. The van der Waals surface area contributed by atoms with Gasteiger partial charge in [0.25, 0.3) is 0 Å². The molecular weight excluding hydrogens is 459 g/mol. The number of nitrogens with one attached hydrogen (secondary N) is 2. The molecule has 1 aromatic heterocycles. The van der Waals surface area contributed by atoms with Crippen LogP contribution < -0.4 is 10.6 Å². The van der Waals surface area contributed by atoms with Crippen LogP contribution in [0.5, 0.6) is 0 Å². The van der Waals surface area contributed by atoms with Crippen LogP contribution in [0.25, 0.3) is 0 Å². The number of halogens is 2. The molecule has 3 aromatic rings. The fourth-order valence-corrected chi connectivity index (χ4v) is 3.14. The molecule has 0 bridgehead atoms. The van der Waals surface area contributed by atoms with Gasteiger partial charge in [-0.05, 0) is 77.0 Å². The predicted octanol–water partition coefficient (Wildman–Crippen LogP) is 4.82. The lowest BCUT2D eigenvalue weighted by Crippen LogP contribution is -2.20. The number of thiocarbonyl (C=S) groups is 1. The Morgan fingerprint density at radius 2 is 1.86 bits per heavy atom. The Labute approximate surface area is 181 Å². The largest absolute Gasteiger partial charge is 0.462 e. The number of nitrogens with zero attached hydrogens (tertiary/aromatic N) is 2. The normalized spacial score (nSPS) is 10.4. The van der Waals surface area contributed by atoms with Crippen molar-refractivity contribution in [3.63, 3.8) is 0 Å². The van der Waals surface area contributed by atoms with Gasteiger partial charge in [0.2, 0.25) is 0 Å². The van der Waals surface area contributed by atoms with Gasteiger partial charge in [-0.1, -0.05) is 12.1 Å². The van der Waals surface area contributed by atoms with E-state index in [9.17, 15) is 9.18 Å². The summed E-state index contributed by atoms with van der Waals surface area (Å²) in [6.07, 6.45) is 1.81. The van der Waals surface area contributed by atoms with Crippen LogP contribution in [-0.4, -0.2) is 27.5 Å². The number of hydrogen-bond donors (Lipinski definition) is 2. The van der Waals surface area contributed by atoms with Gasteiger partial charge < -0.3 is 15.4 Å². The fourth-order valence-electron chi connectivity index (χ4n) is 2.51. The number of anilines is 2. The molecule has 0 atom stereocenters. The number of benzene rings is 2. The Bertz CT molecular complexity index is 1010. The quantitative estimate of drug-likeness (QED) is 0.392. The predicted molar refractivity (Wildman–Crippen MR) is 118 cm³/mol. The third-order valence-electron chi connectivity index (χ3n) is 3.86. The Balaban J connectivity index is 1.60. The van der Waals surface area contributed by atoms with E-state index in [4.69, 9.17) is 17.0 Å². The van der Waals surface area contributed by atoms with Crippen molar-refractivity contribution >= 4 is 50.7 Å². The molecule has 0 aliphatic carbocycles. The van der Waals surface area contributed by atoms with E-state index in [1.54, 1.807) is 48.0 Å². The van der Waals surface area contributed by atoms with Crippen molar-refractivity contribution in [2.24, 2.45) is 0 Å². The second kappa shape index (κ2) is 9.62. The van der Waals surface area contributed by atoms with E-state index in [1.807, 2.05) is 6.20 Å². The molecule has 3 rings (SSSR count). The molecule has 0 spiro atoms. The average Bonchev–Trinajstić information content (AvgIpc) is 3.03. The summed E-state index contributed by atoms with van der Waals surface area (Å²) in [7, 11) is 0. The maximum atomic E-state index is 13.0. The van der Waals surface area contributed by atoms with Crippen LogP contribution in [0.4, 0.5) is 15.9 Å². The van der Waals surface area contributed by atoms with Gasteiger partial charge >= 0.3 is 5.97 Å². The Hall–Kier alpha value is -2.78. The number of carbonyl (C=O) groups is 1. The Morgan fingerprint density at radius 3 is 2.52 bits per heavy atom. The van der Waals surface area contributed by atoms with E-state index in [1.165, 1.54) is 12.1 Å². The van der Waals surface area contributed by atoms with Crippen LogP contribution in [0.1, 0.15) is 22.8 Å². The summed E-state index contributed by atoms with van der Waals surface area (Å²) in [5.74, 6) is -0.0902. The minimum atomic E-state index is -0.365. The van der Waals surface area contributed by atoms with Gasteiger partial charge in [-0.3, -0.25) is 4.68 Å². The van der Waals surface area contributed by atoms with E-state index < -0.39 is 0 Å². The fraction of sp³-hybridized carbons (Fsp3) is 0.150. The molecule has 0 radical (unpaired) electrons. The molecule has 150 valence electrons. The number of ether oxygens (including phenoxy) is 1. The average molecular weight is 477 g/mol. The number of hydrogen-bond acceptors (Lipinski definition) is 4. The number of esters is 1. The number of carbonyl (C=O) groups excluding carboxylic acids is 1. The van der Waals surface area contributed by atoms with Crippen LogP contribution in [0.2, 0.25) is 0 Å². The van der Waals surface area contributed by atoms with Crippen LogP contribution in [0.15, 0.2) is 59.2 Å². The third kappa shape index (κ3) is 5.85. The molecule has 6 nitrogen and oxygen atoms in total. The molecule has 1 heterocycles. The summed E-state index contributed by atoms with van der Waals surface area (Å²) in [4.78, 5) is 11.7. The van der Waals surface area contributed by atoms with Crippen molar-refractivity contribution in [1.29, 1.82) is 0 Å². The topological polar surface area (TPSA) is 68.2 Å². The molecule has 29 heavy (non-hydrogen) atoms. The second-order valence-corrected chi connectivity index (χ2v) is 7.29. The van der Waals surface area contributed by atoms with Gasteiger partial charge in [0, 0.05) is 11.9 Å². The first kappa shape index (κ1) is 20.9. The monoisotopic (exact) mass is 476 g/mol. The minimum absolute atomic E-state index is 0.274. The van der Waals surface area contributed by atoms with Gasteiger partial charge in [-0.2, -0.15) is 5.10 Å². The summed E-state index contributed by atoms with van der Waals surface area (Å²) < 4.78 is 20.4. The molecule has 2 N–H and O–H groups in total. The van der Waals surface area contributed by atoms with Crippen LogP contribution in [0.3, 0.4) is 0 Å². The molecule has 0 aliphatic heterocycles. The van der Waals surface area contributed by atoms with E-state index in [-0.39, 0.29) is 11.8 Å². The summed E-state index contributed by atoms with van der Waals surface area (Å²) in [5, 5.41) is 10.9. The molecule has 0 fully saturated rings. The Morgan fingerprint density at radius 1 is 1.17 bits per heavy atom. The minimum Gasteiger partial charge on any atom is -0.462 e. The van der Waals surface area contributed by atoms with Crippen molar-refractivity contribution in [3.8, 4) is 0 Å². The molecule has 0 amide bonds. The first-order valence-corrected chi connectivity index (χ1v) is 9.97. The summed E-state index contributed by atoms with van der Waals surface area (Å²) in [6, 6.07) is 13.1. The first-order chi connectivity index (χ1) is 13.9. The highest BCUT2D eigenvalue weighted by Gasteiger charge is 2.10. The van der Waals surface area contributed by atoms with E-state index in [0.29, 0.717) is 29.6 Å². The van der Waals surface area contributed by atoms with Gasteiger partial charge in [0.1, 0.15) is 5.82 Å². The lowest BCUT2D eigenvalue weighted by atomic mass is 10.2. The number of aromatic nitrogens is 2. The Kier molecular flexibility index (Phi) is 6.95. The molecular formula is C20H18BrFN4O2S. The van der Waals surface area contributed by atoms with Gasteiger partial charge in [-0.25, -0.2) is 9.18 Å².